The number of rotatable bonds is 3. The Hall–Kier alpha value is 1.00. The van der Waals surface area contributed by atoms with Gasteiger partial charge in [-0.25, -0.2) is 0 Å². The fourth-order valence-electron chi connectivity index (χ4n) is 1.62. The van der Waals surface area contributed by atoms with Gasteiger partial charge in [0, 0.05) is 0 Å². The molecule has 1 fully saturated rings. The summed E-state index contributed by atoms with van der Waals surface area (Å²) in [5.41, 5.74) is -0.474. The molecule has 0 amide bonds. The summed E-state index contributed by atoms with van der Waals surface area (Å²) in [6.07, 6.45) is 0. The van der Waals surface area contributed by atoms with Crippen molar-refractivity contribution in [2.24, 2.45) is 0 Å². The SMILES string of the molecule is CC1(C)OB(/C=[C](/CBr)[Sn]([CH3])([CH3])[CH3])OC1(C)C. The van der Waals surface area contributed by atoms with Gasteiger partial charge >= 0.3 is 119 Å². The van der Waals surface area contributed by atoms with Crippen molar-refractivity contribution in [3.05, 3.63) is 9.56 Å². The zero-order valence-corrected chi connectivity index (χ0v) is 16.5. The van der Waals surface area contributed by atoms with Crippen LogP contribution in [0.15, 0.2) is 9.56 Å². The Morgan fingerprint density at radius 3 is 1.82 bits per heavy atom. The van der Waals surface area contributed by atoms with Crippen molar-refractivity contribution in [1.29, 1.82) is 0 Å². The van der Waals surface area contributed by atoms with Gasteiger partial charge in [-0.2, -0.15) is 0 Å². The molecule has 17 heavy (non-hydrogen) atoms. The normalized spacial score (nSPS) is 24.2. The Kier molecular flexibility index (Phi) is 4.89. The average Bonchev–Trinajstić information content (AvgIpc) is 2.29. The van der Waals surface area contributed by atoms with Crippen molar-refractivity contribution in [1.82, 2.24) is 0 Å². The zero-order chi connectivity index (χ0) is 13.5. The van der Waals surface area contributed by atoms with E-state index in [0.29, 0.717) is 0 Å². The van der Waals surface area contributed by atoms with Crippen molar-refractivity contribution in [3.8, 4) is 0 Å². The minimum atomic E-state index is -2.02. The van der Waals surface area contributed by atoms with E-state index in [2.05, 4.69) is 64.4 Å². The quantitative estimate of drug-likeness (QED) is 0.521. The molecule has 0 radical (unpaired) electrons. The number of hydrogen-bond donors (Lipinski definition) is 0. The van der Waals surface area contributed by atoms with E-state index in [-0.39, 0.29) is 18.3 Å². The molecular formula is C12H24BBrO2Sn. The van der Waals surface area contributed by atoms with E-state index in [9.17, 15) is 0 Å². The monoisotopic (exact) mass is 410 g/mol. The first-order valence-corrected chi connectivity index (χ1v) is 17.2. The van der Waals surface area contributed by atoms with Crippen LogP contribution in [-0.4, -0.2) is 42.0 Å². The van der Waals surface area contributed by atoms with Crippen molar-refractivity contribution in [3.63, 3.8) is 0 Å². The summed E-state index contributed by atoms with van der Waals surface area (Å²) in [6, 6.07) is 0. The van der Waals surface area contributed by atoms with Gasteiger partial charge in [-0.05, 0) is 0 Å². The Morgan fingerprint density at radius 2 is 1.53 bits per heavy atom. The summed E-state index contributed by atoms with van der Waals surface area (Å²) >= 11 is 1.57. The standard InChI is InChI=1S/C9H15BBrO2.3CH3.Sn/c1-8(2)9(3,4)13-10(12-8)6-5-7-11;;;;/h6H,7H2,1-4H3;3*1H3;. The fraction of sp³-hybridized carbons (Fsp3) is 0.833. The first-order valence-electron chi connectivity index (χ1n) is 6.12. The van der Waals surface area contributed by atoms with E-state index < -0.39 is 18.4 Å². The fourth-order valence-corrected chi connectivity index (χ4v) is 10.4. The number of allylic oxidation sites excluding steroid dienone is 1. The van der Waals surface area contributed by atoms with E-state index in [1.165, 1.54) is 3.59 Å². The second kappa shape index (κ2) is 5.18. The van der Waals surface area contributed by atoms with Crippen molar-refractivity contribution in [2.45, 2.75) is 53.7 Å². The van der Waals surface area contributed by atoms with Gasteiger partial charge in [0.1, 0.15) is 0 Å². The first-order chi connectivity index (χ1) is 7.49. The molecule has 0 aromatic carbocycles. The van der Waals surface area contributed by atoms with Crippen LogP contribution in [0.4, 0.5) is 0 Å². The predicted molar refractivity (Wildman–Crippen MR) is 81.3 cm³/mol. The van der Waals surface area contributed by atoms with Gasteiger partial charge in [0.15, 0.2) is 0 Å². The van der Waals surface area contributed by atoms with Crippen LogP contribution in [0.3, 0.4) is 0 Å². The van der Waals surface area contributed by atoms with Gasteiger partial charge in [-0.3, -0.25) is 0 Å². The molecule has 1 saturated heterocycles. The van der Waals surface area contributed by atoms with Gasteiger partial charge in [0.05, 0.1) is 0 Å². The Labute approximate surface area is 119 Å². The van der Waals surface area contributed by atoms with Crippen LogP contribution in [0.1, 0.15) is 27.7 Å². The molecule has 0 bridgehead atoms. The van der Waals surface area contributed by atoms with Crippen LogP contribution in [-0.2, 0) is 9.31 Å². The predicted octanol–water partition coefficient (Wildman–Crippen LogP) is 3.82. The molecule has 0 saturated carbocycles. The molecule has 1 aliphatic heterocycles. The summed E-state index contributed by atoms with van der Waals surface area (Å²) in [5.74, 6) is 2.20. The summed E-state index contributed by atoms with van der Waals surface area (Å²) in [6.45, 7) is 8.37. The summed E-state index contributed by atoms with van der Waals surface area (Å²) in [4.78, 5) is 7.23. The topological polar surface area (TPSA) is 18.5 Å². The zero-order valence-electron chi connectivity index (χ0n) is 12.1. The molecule has 0 aromatic heterocycles. The Balaban J connectivity index is 2.89. The molecular weight excluding hydrogens is 386 g/mol. The molecule has 0 spiro atoms. The van der Waals surface area contributed by atoms with Crippen LogP contribution in [0.2, 0.25) is 14.8 Å². The number of alkyl halides is 1. The third kappa shape index (κ3) is 3.74. The van der Waals surface area contributed by atoms with Crippen molar-refractivity contribution in [2.75, 3.05) is 5.33 Å². The summed E-state index contributed by atoms with van der Waals surface area (Å²) < 4.78 is 13.5. The van der Waals surface area contributed by atoms with Crippen LogP contribution in [0.25, 0.3) is 0 Å². The van der Waals surface area contributed by atoms with E-state index in [4.69, 9.17) is 9.31 Å². The Morgan fingerprint density at radius 1 is 1.12 bits per heavy atom. The number of hydrogen-bond acceptors (Lipinski definition) is 2. The first kappa shape index (κ1) is 16.1. The van der Waals surface area contributed by atoms with Crippen LogP contribution < -0.4 is 0 Å². The molecule has 2 nitrogen and oxygen atoms in total. The number of halogens is 1. The van der Waals surface area contributed by atoms with Gasteiger partial charge in [0.25, 0.3) is 0 Å². The molecule has 0 unspecified atom stereocenters. The van der Waals surface area contributed by atoms with Crippen molar-refractivity contribution < 1.29 is 9.31 Å². The van der Waals surface area contributed by atoms with Gasteiger partial charge in [0.2, 0.25) is 0 Å². The molecule has 0 atom stereocenters. The summed E-state index contributed by atoms with van der Waals surface area (Å²) in [7, 11) is -0.191. The van der Waals surface area contributed by atoms with Crippen LogP contribution in [0, 0.1) is 0 Å². The molecule has 1 heterocycles. The molecule has 1 rings (SSSR count). The Bertz CT molecular complexity index is 305. The van der Waals surface area contributed by atoms with E-state index in [1.807, 2.05) is 0 Å². The average molecular weight is 410 g/mol. The molecule has 5 heteroatoms. The van der Waals surface area contributed by atoms with E-state index in [0.717, 1.165) is 5.33 Å². The third-order valence-electron chi connectivity index (χ3n) is 3.72. The molecule has 0 aliphatic carbocycles. The van der Waals surface area contributed by atoms with Crippen LogP contribution >= 0.6 is 15.9 Å². The van der Waals surface area contributed by atoms with Crippen LogP contribution in [0.5, 0.6) is 0 Å². The second-order valence-electron chi connectivity index (χ2n) is 6.70. The maximum absolute atomic E-state index is 6.01. The molecule has 1 aliphatic rings. The second-order valence-corrected chi connectivity index (χ2v) is 21.9. The minimum absolute atomic E-state index is 0.191. The molecule has 98 valence electrons. The van der Waals surface area contributed by atoms with Gasteiger partial charge < -0.3 is 0 Å². The third-order valence-corrected chi connectivity index (χ3v) is 12.3. The van der Waals surface area contributed by atoms with E-state index >= 15 is 0 Å². The van der Waals surface area contributed by atoms with Gasteiger partial charge in [-0.15, -0.1) is 0 Å². The summed E-state index contributed by atoms with van der Waals surface area (Å²) in [5, 5.41) is 0.941. The maximum atomic E-state index is 6.01. The van der Waals surface area contributed by atoms with E-state index in [1.54, 1.807) is 0 Å². The van der Waals surface area contributed by atoms with Crippen molar-refractivity contribution >= 4 is 41.4 Å². The molecule has 0 aromatic rings. The molecule has 0 N–H and O–H groups in total. The van der Waals surface area contributed by atoms with Gasteiger partial charge in [-0.1, -0.05) is 0 Å².